The van der Waals surface area contributed by atoms with E-state index in [-0.39, 0.29) is 12.0 Å². The van der Waals surface area contributed by atoms with Gasteiger partial charge < -0.3 is 9.64 Å². The van der Waals surface area contributed by atoms with Crippen molar-refractivity contribution in [3.63, 3.8) is 0 Å². The zero-order chi connectivity index (χ0) is 18.8. The van der Waals surface area contributed by atoms with Crippen LogP contribution >= 0.6 is 0 Å². The number of pyridine rings is 1. The molecule has 0 atom stereocenters. The van der Waals surface area contributed by atoms with Gasteiger partial charge in [-0.05, 0) is 38.0 Å². The summed E-state index contributed by atoms with van der Waals surface area (Å²) in [6.07, 6.45) is 3.78. The third kappa shape index (κ3) is 3.45. The molecule has 0 spiro atoms. The number of amides is 1. The third-order valence-electron chi connectivity index (χ3n) is 5.16. The van der Waals surface area contributed by atoms with Crippen LogP contribution in [0.2, 0.25) is 0 Å². The van der Waals surface area contributed by atoms with Gasteiger partial charge in [0.25, 0.3) is 5.91 Å². The quantitative estimate of drug-likeness (QED) is 0.713. The Morgan fingerprint density at radius 3 is 2.70 bits per heavy atom. The summed E-state index contributed by atoms with van der Waals surface area (Å²) in [6.45, 7) is 4.19. The summed E-state index contributed by atoms with van der Waals surface area (Å²) < 4.78 is 7.49. The summed E-state index contributed by atoms with van der Waals surface area (Å²) in [5, 5.41) is 5.12. The van der Waals surface area contributed by atoms with Crippen molar-refractivity contribution in [2.75, 3.05) is 19.7 Å². The Labute approximate surface area is 158 Å². The second-order valence-corrected chi connectivity index (χ2v) is 6.86. The summed E-state index contributed by atoms with van der Waals surface area (Å²) in [4.78, 5) is 20.0. The molecule has 2 aromatic heterocycles. The lowest BCUT2D eigenvalue weighted by molar-refractivity contribution is 0.0146. The van der Waals surface area contributed by atoms with Crippen molar-refractivity contribution < 1.29 is 9.53 Å². The molecule has 0 saturated carbocycles. The van der Waals surface area contributed by atoms with Crippen LogP contribution in [-0.4, -0.2) is 51.4 Å². The minimum Gasteiger partial charge on any atom is -0.378 e. The van der Waals surface area contributed by atoms with E-state index in [0.29, 0.717) is 5.56 Å². The first-order chi connectivity index (χ1) is 13.2. The number of aromatic nitrogens is 3. The molecule has 140 valence electrons. The molecule has 3 heterocycles. The number of rotatable bonds is 4. The molecular weight excluding hydrogens is 340 g/mol. The van der Waals surface area contributed by atoms with Crippen LogP contribution < -0.4 is 0 Å². The fraction of sp³-hybridized carbons (Fsp3) is 0.381. The number of likely N-dealkylation sites (tertiary alicyclic amines) is 1. The molecule has 0 bridgehead atoms. The van der Waals surface area contributed by atoms with E-state index in [4.69, 9.17) is 9.72 Å². The molecule has 1 amide bonds. The Balaban J connectivity index is 1.70. The molecule has 0 N–H and O–H groups in total. The maximum absolute atomic E-state index is 13.3. The van der Waals surface area contributed by atoms with Crippen molar-refractivity contribution >= 4 is 16.8 Å². The van der Waals surface area contributed by atoms with E-state index in [1.165, 1.54) is 0 Å². The highest BCUT2D eigenvalue weighted by atomic mass is 16.5. The van der Waals surface area contributed by atoms with E-state index < -0.39 is 0 Å². The molecule has 1 saturated heterocycles. The molecule has 4 rings (SSSR count). The molecule has 0 unspecified atom stereocenters. The second kappa shape index (κ2) is 7.48. The molecule has 1 aromatic carbocycles. The molecule has 0 aliphatic carbocycles. The monoisotopic (exact) mass is 364 g/mol. The zero-order valence-corrected chi connectivity index (χ0v) is 15.8. The SMILES string of the molecule is CCOC1CCN(C(=O)c2cc(-c3ccnn3C)nc3ccccc23)CC1. The van der Waals surface area contributed by atoms with Gasteiger partial charge in [0.15, 0.2) is 0 Å². The number of carbonyl (C=O) groups excluding carboxylic acids is 1. The van der Waals surface area contributed by atoms with E-state index in [1.54, 1.807) is 10.9 Å². The highest BCUT2D eigenvalue weighted by Crippen LogP contribution is 2.26. The van der Waals surface area contributed by atoms with Crippen LogP contribution in [0.15, 0.2) is 42.6 Å². The average Bonchev–Trinajstić information content (AvgIpc) is 3.13. The van der Waals surface area contributed by atoms with Gasteiger partial charge in [0.2, 0.25) is 0 Å². The normalized spacial score (nSPS) is 15.4. The van der Waals surface area contributed by atoms with Crippen molar-refractivity contribution in [2.45, 2.75) is 25.9 Å². The topological polar surface area (TPSA) is 60.2 Å². The number of ether oxygens (including phenoxy) is 1. The van der Waals surface area contributed by atoms with Gasteiger partial charge in [0.05, 0.1) is 28.6 Å². The fourth-order valence-corrected chi connectivity index (χ4v) is 3.74. The smallest absolute Gasteiger partial charge is 0.254 e. The first-order valence-electron chi connectivity index (χ1n) is 9.46. The lowest BCUT2D eigenvalue weighted by Gasteiger charge is -2.32. The number of aryl methyl sites for hydroxylation is 1. The Hall–Kier alpha value is -2.73. The molecule has 1 aliphatic heterocycles. The number of carbonyl (C=O) groups is 1. The predicted octanol–water partition coefficient (Wildman–Crippen LogP) is 3.28. The molecule has 3 aromatic rings. The van der Waals surface area contributed by atoms with Gasteiger partial charge in [-0.15, -0.1) is 0 Å². The molecule has 1 fully saturated rings. The average molecular weight is 364 g/mol. The number of hydrogen-bond donors (Lipinski definition) is 0. The van der Waals surface area contributed by atoms with Gasteiger partial charge >= 0.3 is 0 Å². The van der Waals surface area contributed by atoms with E-state index in [0.717, 1.165) is 54.8 Å². The largest absolute Gasteiger partial charge is 0.378 e. The number of nitrogens with zero attached hydrogens (tertiary/aromatic N) is 4. The van der Waals surface area contributed by atoms with Gasteiger partial charge in [0, 0.05) is 38.3 Å². The predicted molar refractivity (Wildman–Crippen MR) is 104 cm³/mol. The van der Waals surface area contributed by atoms with Crippen LogP contribution in [0, 0.1) is 0 Å². The number of para-hydroxylation sites is 1. The van der Waals surface area contributed by atoms with E-state index in [1.807, 2.05) is 55.3 Å². The standard InChI is InChI=1S/C21H24N4O2/c1-3-27-15-9-12-25(13-10-15)21(26)17-14-19(20-8-11-22-24(20)2)23-18-7-5-4-6-16(17)18/h4-8,11,14-15H,3,9-10,12-13H2,1-2H3. The summed E-state index contributed by atoms with van der Waals surface area (Å²) >= 11 is 0. The Morgan fingerprint density at radius 2 is 2.00 bits per heavy atom. The summed E-state index contributed by atoms with van der Waals surface area (Å²) in [6, 6.07) is 11.6. The number of hydrogen-bond acceptors (Lipinski definition) is 4. The fourth-order valence-electron chi connectivity index (χ4n) is 3.74. The maximum Gasteiger partial charge on any atom is 0.254 e. The number of piperidine rings is 1. The van der Waals surface area contributed by atoms with Gasteiger partial charge in [-0.1, -0.05) is 18.2 Å². The molecule has 27 heavy (non-hydrogen) atoms. The molecule has 6 nitrogen and oxygen atoms in total. The van der Waals surface area contributed by atoms with E-state index in [9.17, 15) is 4.79 Å². The molecule has 6 heteroatoms. The molecule has 1 aliphatic rings. The van der Waals surface area contributed by atoms with Gasteiger partial charge in [-0.2, -0.15) is 5.10 Å². The second-order valence-electron chi connectivity index (χ2n) is 6.86. The first-order valence-corrected chi connectivity index (χ1v) is 9.46. The summed E-state index contributed by atoms with van der Waals surface area (Å²) in [5.74, 6) is 0.0620. The third-order valence-corrected chi connectivity index (χ3v) is 5.16. The number of benzene rings is 1. The van der Waals surface area contributed by atoms with Crippen LogP contribution in [0.3, 0.4) is 0 Å². The van der Waals surface area contributed by atoms with Crippen LogP contribution in [-0.2, 0) is 11.8 Å². The van der Waals surface area contributed by atoms with Crippen LogP contribution in [0.5, 0.6) is 0 Å². The molecular formula is C21H24N4O2. The van der Waals surface area contributed by atoms with Gasteiger partial charge in [-0.3, -0.25) is 9.48 Å². The van der Waals surface area contributed by atoms with Crippen molar-refractivity contribution in [2.24, 2.45) is 7.05 Å². The minimum absolute atomic E-state index is 0.0620. The van der Waals surface area contributed by atoms with Gasteiger partial charge in [-0.25, -0.2) is 4.98 Å². The Bertz CT molecular complexity index is 958. The van der Waals surface area contributed by atoms with Crippen LogP contribution in [0.1, 0.15) is 30.1 Å². The minimum atomic E-state index is 0.0620. The van der Waals surface area contributed by atoms with Crippen molar-refractivity contribution in [1.29, 1.82) is 0 Å². The summed E-state index contributed by atoms with van der Waals surface area (Å²) in [7, 11) is 1.88. The van der Waals surface area contributed by atoms with Crippen molar-refractivity contribution in [1.82, 2.24) is 19.7 Å². The van der Waals surface area contributed by atoms with Crippen molar-refractivity contribution in [3.8, 4) is 11.4 Å². The van der Waals surface area contributed by atoms with E-state index >= 15 is 0 Å². The highest BCUT2D eigenvalue weighted by Gasteiger charge is 2.25. The maximum atomic E-state index is 13.3. The lowest BCUT2D eigenvalue weighted by atomic mass is 10.0. The Kier molecular flexibility index (Phi) is 4.90. The van der Waals surface area contributed by atoms with Crippen LogP contribution in [0.25, 0.3) is 22.3 Å². The van der Waals surface area contributed by atoms with Crippen LogP contribution in [0.4, 0.5) is 0 Å². The summed E-state index contributed by atoms with van der Waals surface area (Å²) in [5.41, 5.74) is 3.18. The highest BCUT2D eigenvalue weighted by molar-refractivity contribution is 6.07. The Morgan fingerprint density at radius 1 is 1.22 bits per heavy atom. The first kappa shape index (κ1) is 17.7. The zero-order valence-electron chi connectivity index (χ0n) is 15.8. The number of fused-ring (bicyclic) bond motifs is 1. The lowest BCUT2D eigenvalue weighted by Crippen LogP contribution is -2.41. The van der Waals surface area contributed by atoms with Crippen molar-refractivity contribution in [3.05, 3.63) is 48.2 Å². The van der Waals surface area contributed by atoms with E-state index in [2.05, 4.69) is 5.10 Å². The van der Waals surface area contributed by atoms with Gasteiger partial charge in [0.1, 0.15) is 0 Å². The molecule has 0 radical (unpaired) electrons.